The molecule has 1 aromatic rings. The molecule has 4 heteroatoms. The quantitative estimate of drug-likeness (QED) is 0.876. The van der Waals surface area contributed by atoms with Crippen molar-refractivity contribution < 1.29 is 4.79 Å². The molecule has 1 aliphatic carbocycles. The average molecular weight is 295 g/mol. The number of benzene rings is 1. The van der Waals surface area contributed by atoms with Gasteiger partial charge in [0.15, 0.2) is 0 Å². The van der Waals surface area contributed by atoms with Gasteiger partial charge in [-0.2, -0.15) is 0 Å². The van der Waals surface area contributed by atoms with Crippen LogP contribution >= 0.6 is 12.4 Å². The fourth-order valence-corrected chi connectivity index (χ4v) is 3.00. The zero-order valence-corrected chi connectivity index (χ0v) is 12.5. The van der Waals surface area contributed by atoms with Gasteiger partial charge in [-0.25, -0.2) is 0 Å². The maximum absolute atomic E-state index is 11.9. The highest BCUT2D eigenvalue weighted by molar-refractivity contribution is 5.85. The lowest BCUT2D eigenvalue weighted by Crippen LogP contribution is -2.27. The van der Waals surface area contributed by atoms with Crippen molar-refractivity contribution in [3.63, 3.8) is 0 Å². The summed E-state index contributed by atoms with van der Waals surface area (Å²) in [4.78, 5) is 11.9. The number of nitrogens with one attached hydrogen (secondary N) is 2. The third-order valence-electron chi connectivity index (χ3n) is 4.31. The highest BCUT2D eigenvalue weighted by Crippen LogP contribution is 2.40. The number of halogens is 1. The summed E-state index contributed by atoms with van der Waals surface area (Å²) in [7, 11) is 0. The van der Waals surface area contributed by atoms with Gasteiger partial charge < -0.3 is 10.6 Å². The Hall–Kier alpha value is -1.06. The van der Waals surface area contributed by atoms with Crippen molar-refractivity contribution in [3.8, 4) is 0 Å². The van der Waals surface area contributed by atoms with Gasteiger partial charge >= 0.3 is 0 Å². The fourth-order valence-electron chi connectivity index (χ4n) is 3.00. The van der Waals surface area contributed by atoms with Gasteiger partial charge in [0.25, 0.3) is 0 Å². The topological polar surface area (TPSA) is 41.1 Å². The predicted molar refractivity (Wildman–Crippen MR) is 83.2 cm³/mol. The molecule has 1 amide bonds. The summed E-state index contributed by atoms with van der Waals surface area (Å²) in [5, 5.41) is 6.51. The molecule has 1 heterocycles. The Morgan fingerprint density at radius 1 is 1.30 bits per heavy atom. The smallest absolute Gasteiger partial charge is 0.220 e. The highest BCUT2D eigenvalue weighted by Gasteiger charge is 2.39. The molecule has 1 aliphatic heterocycles. The molecule has 0 radical (unpaired) electrons. The summed E-state index contributed by atoms with van der Waals surface area (Å²) in [5.74, 6) is 1.48. The molecule has 2 N–H and O–H groups in total. The molecule has 110 valence electrons. The third-order valence-corrected chi connectivity index (χ3v) is 4.31. The van der Waals surface area contributed by atoms with Crippen LogP contribution in [0.15, 0.2) is 30.3 Å². The summed E-state index contributed by atoms with van der Waals surface area (Å²) < 4.78 is 0. The van der Waals surface area contributed by atoms with E-state index in [1.165, 1.54) is 12.0 Å². The van der Waals surface area contributed by atoms with E-state index in [1.54, 1.807) is 0 Å². The van der Waals surface area contributed by atoms with E-state index >= 15 is 0 Å². The van der Waals surface area contributed by atoms with E-state index in [1.807, 2.05) is 6.07 Å². The standard InChI is InChI=1S/C16H22N2O.ClH/c19-16(7-6-12-8-9-17-11-12)18-15-10-14(15)13-4-2-1-3-5-13;/h1-5,12,14-15,17H,6-11H2,(H,18,19);1H. The molecule has 2 fully saturated rings. The van der Waals surface area contributed by atoms with Crippen LogP contribution in [0.3, 0.4) is 0 Å². The van der Waals surface area contributed by atoms with Gasteiger partial charge in [-0.05, 0) is 43.8 Å². The normalized spacial score (nSPS) is 27.7. The largest absolute Gasteiger partial charge is 0.353 e. The van der Waals surface area contributed by atoms with Crippen molar-refractivity contribution in [2.75, 3.05) is 13.1 Å². The summed E-state index contributed by atoms with van der Waals surface area (Å²) in [6, 6.07) is 10.9. The van der Waals surface area contributed by atoms with Crippen molar-refractivity contribution in [1.29, 1.82) is 0 Å². The van der Waals surface area contributed by atoms with Crippen LogP contribution in [0.25, 0.3) is 0 Å². The van der Waals surface area contributed by atoms with Crippen molar-refractivity contribution in [2.24, 2.45) is 5.92 Å². The summed E-state index contributed by atoms with van der Waals surface area (Å²) in [6.07, 6.45) is 4.04. The number of amides is 1. The van der Waals surface area contributed by atoms with E-state index in [9.17, 15) is 4.79 Å². The van der Waals surface area contributed by atoms with Crippen LogP contribution in [0.5, 0.6) is 0 Å². The van der Waals surface area contributed by atoms with Gasteiger partial charge in [-0.15, -0.1) is 12.4 Å². The maximum Gasteiger partial charge on any atom is 0.220 e. The molecule has 2 aliphatic rings. The van der Waals surface area contributed by atoms with Crippen LogP contribution in [-0.2, 0) is 4.79 Å². The first kappa shape index (κ1) is 15.3. The zero-order chi connectivity index (χ0) is 13.1. The van der Waals surface area contributed by atoms with Crippen LogP contribution in [0, 0.1) is 5.92 Å². The molecule has 3 rings (SSSR count). The molecule has 0 spiro atoms. The minimum Gasteiger partial charge on any atom is -0.353 e. The Balaban J connectivity index is 0.00000147. The van der Waals surface area contributed by atoms with Crippen molar-refractivity contribution >= 4 is 18.3 Å². The van der Waals surface area contributed by atoms with E-state index in [-0.39, 0.29) is 18.3 Å². The van der Waals surface area contributed by atoms with Crippen molar-refractivity contribution in [3.05, 3.63) is 35.9 Å². The highest BCUT2D eigenvalue weighted by atomic mass is 35.5. The number of carbonyl (C=O) groups excluding carboxylic acids is 1. The Labute approximate surface area is 126 Å². The number of hydrogen-bond donors (Lipinski definition) is 2. The van der Waals surface area contributed by atoms with E-state index in [2.05, 4.69) is 34.9 Å². The van der Waals surface area contributed by atoms with Crippen LogP contribution in [0.4, 0.5) is 0 Å². The Morgan fingerprint density at radius 3 is 2.80 bits per heavy atom. The van der Waals surface area contributed by atoms with Gasteiger partial charge in [0.1, 0.15) is 0 Å². The van der Waals surface area contributed by atoms with Gasteiger partial charge in [-0.3, -0.25) is 4.79 Å². The van der Waals surface area contributed by atoms with Crippen molar-refractivity contribution in [2.45, 2.75) is 37.6 Å². The van der Waals surface area contributed by atoms with E-state index in [4.69, 9.17) is 0 Å². The van der Waals surface area contributed by atoms with Crippen LogP contribution in [0.2, 0.25) is 0 Å². The minimum atomic E-state index is 0. The predicted octanol–water partition coefficient (Wildman–Crippen LogP) is 2.47. The summed E-state index contributed by atoms with van der Waals surface area (Å²) in [6.45, 7) is 2.20. The van der Waals surface area contributed by atoms with Gasteiger partial charge in [0.05, 0.1) is 0 Å². The van der Waals surface area contributed by atoms with E-state index in [0.717, 1.165) is 25.9 Å². The summed E-state index contributed by atoms with van der Waals surface area (Å²) in [5.41, 5.74) is 1.35. The lowest BCUT2D eigenvalue weighted by atomic mass is 10.0. The lowest BCUT2D eigenvalue weighted by molar-refractivity contribution is -0.121. The molecule has 0 bridgehead atoms. The second-order valence-electron chi connectivity index (χ2n) is 5.82. The molecule has 3 atom stereocenters. The fraction of sp³-hybridized carbons (Fsp3) is 0.562. The molecule has 0 aromatic heterocycles. The molecule has 3 unspecified atom stereocenters. The average Bonchev–Trinajstić information content (AvgIpc) is 3.00. The molecule has 1 saturated heterocycles. The first-order valence-electron chi connectivity index (χ1n) is 7.38. The van der Waals surface area contributed by atoms with Crippen LogP contribution < -0.4 is 10.6 Å². The Bertz CT molecular complexity index is 431. The first-order chi connectivity index (χ1) is 9.33. The van der Waals surface area contributed by atoms with Crippen molar-refractivity contribution in [1.82, 2.24) is 10.6 Å². The van der Waals surface area contributed by atoms with Gasteiger partial charge in [0.2, 0.25) is 5.91 Å². The number of rotatable bonds is 5. The lowest BCUT2D eigenvalue weighted by Gasteiger charge is -2.08. The molecule has 20 heavy (non-hydrogen) atoms. The van der Waals surface area contributed by atoms with Crippen LogP contribution in [-0.4, -0.2) is 25.0 Å². The Morgan fingerprint density at radius 2 is 2.10 bits per heavy atom. The number of carbonyl (C=O) groups is 1. The summed E-state index contributed by atoms with van der Waals surface area (Å²) >= 11 is 0. The van der Waals surface area contributed by atoms with Gasteiger partial charge in [0, 0.05) is 18.4 Å². The molecule has 1 aromatic carbocycles. The van der Waals surface area contributed by atoms with E-state index < -0.39 is 0 Å². The SMILES string of the molecule is Cl.O=C(CCC1CCNC1)NC1CC1c1ccccc1. The molecular weight excluding hydrogens is 272 g/mol. The second kappa shape index (κ2) is 7.09. The first-order valence-corrected chi connectivity index (χ1v) is 7.38. The van der Waals surface area contributed by atoms with Crippen LogP contribution in [0.1, 0.15) is 37.2 Å². The third kappa shape index (κ3) is 3.97. The maximum atomic E-state index is 11.9. The number of hydrogen-bond acceptors (Lipinski definition) is 2. The molecular formula is C16H23ClN2O. The van der Waals surface area contributed by atoms with Gasteiger partial charge in [-0.1, -0.05) is 30.3 Å². The monoisotopic (exact) mass is 294 g/mol. The Kier molecular flexibility index (Phi) is 5.44. The van der Waals surface area contributed by atoms with E-state index in [0.29, 0.717) is 24.3 Å². The second-order valence-corrected chi connectivity index (χ2v) is 5.82. The molecule has 1 saturated carbocycles. The molecule has 3 nitrogen and oxygen atoms in total. The zero-order valence-electron chi connectivity index (χ0n) is 11.7. The minimum absolute atomic E-state index is 0.